The van der Waals surface area contributed by atoms with Crippen LogP contribution in [0.3, 0.4) is 0 Å². The summed E-state index contributed by atoms with van der Waals surface area (Å²) in [4.78, 5) is 0. The first kappa shape index (κ1) is 9.82. The van der Waals surface area contributed by atoms with Gasteiger partial charge in [-0.15, -0.1) is 0 Å². The van der Waals surface area contributed by atoms with Crippen LogP contribution in [0, 0.1) is 17.3 Å². The van der Waals surface area contributed by atoms with E-state index >= 15 is 0 Å². The van der Waals surface area contributed by atoms with Crippen molar-refractivity contribution in [2.45, 2.75) is 33.1 Å². The average Bonchev–Trinajstić information content (AvgIpc) is 2.18. The van der Waals surface area contributed by atoms with Crippen molar-refractivity contribution in [1.29, 1.82) is 0 Å². The summed E-state index contributed by atoms with van der Waals surface area (Å²) in [6, 6.07) is 0. The topological polar surface area (TPSA) is 9.23 Å². The van der Waals surface area contributed by atoms with Crippen molar-refractivity contribution in [3.63, 3.8) is 0 Å². The second-order valence-corrected chi connectivity index (χ2v) is 5.13. The highest BCUT2D eigenvalue weighted by molar-refractivity contribution is 5.24. The molecule has 0 aromatic carbocycles. The zero-order valence-electron chi connectivity index (χ0n) is 9.42. The van der Waals surface area contributed by atoms with E-state index in [4.69, 9.17) is 4.74 Å². The van der Waals surface area contributed by atoms with E-state index in [0.29, 0.717) is 5.41 Å². The van der Waals surface area contributed by atoms with Crippen LogP contribution in [0.2, 0.25) is 0 Å². The van der Waals surface area contributed by atoms with Crippen molar-refractivity contribution < 1.29 is 4.74 Å². The van der Waals surface area contributed by atoms with Crippen LogP contribution in [0.15, 0.2) is 24.0 Å². The highest BCUT2D eigenvalue weighted by atomic mass is 16.5. The van der Waals surface area contributed by atoms with Gasteiger partial charge in [0.1, 0.15) is 0 Å². The van der Waals surface area contributed by atoms with Gasteiger partial charge in [0.2, 0.25) is 0 Å². The molecule has 1 saturated carbocycles. The molecule has 0 saturated heterocycles. The minimum absolute atomic E-state index is 0.561. The van der Waals surface area contributed by atoms with Gasteiger partial charge in [-0.1, -0.05) is 25.5 Å². The number of fused-ring (bicyclic) bond motifs is 1. The van der Waals surface area contributed by atoms with Crippen LogP contribution in [-0.2, 0) is 4.74 Å². The molecule has 3 aliphatic carbocycles. The number of hydrogen-bond acceptors (Lipinski definition) is 1. The molecule has 0 amide bonds. The van der Waals surface area contributed by atoms with Crippen molar-refractivity contribution in [1.82, 2.24) is 0 Å². The zero-order chi connectivity index (χ0) is 10.2. The molecule has 1 nitrogen and oxygen atoms in total. The van der Waals surface area contributed by atoms with Crippen LogP contribution in [-0.4, -0.2) is 7.11 Å². The van der Waals surface area contributed by atoms with Gasteiger partial charge in [0.25, 0.3) is 0 Å². The fourth-order valence-electron chi connectivity index (χ4n) is 2.99. The van der Waals surface area contributed by atoms with Crippen LogP contribution in [0.25, 0.3) is 0 Å². The Morgan fingerprint density at radius 1 is 1.57 bits per heavy atom. The summed E-state index contributed by atoms with van der Waals surface area (Å²) in [6.07, 6.45) is 10.2. The molecule has 0 radical (unpaired) electrons. The summed E-state index contributed by atoms with van der Waals surface area (Å²) in [5.41, 5.74) is 2.19. The first-order valence-electron chi connectivity index (χ1n) is 5.53. The molecule has 3 aliphatic rings. The van der Waals surface area contributed by atoms with Gasteiger partial charge in [-0.3, -0.25) is 0 Å². The minimum Gasteiger partial charge on any atom is -0.505 e. The Kier molecular flexibility index (Phi) is 2.42. The maximum absolute atomic E-state index is 4.93. The smallest absolute Gasteiger partial charge is 0.0787 e. The summed E-state index contributed by atoms with van der Waals surface area (Å²) in [5.74, 6) is 1.78. The van der Waals surface area contributed by atoms with Crippen molar-refractivity contribution in [2.24, 2.45) is 17.3 Å². The average molecular weight is 192 g/mol. The Hall–Kier alpha value is -0.720. The largest absolute Gasteiger partial charge is 0.505 e. The van der Waals surface area contributed by atoms with Crippen LogP contribution in [0.5, 0.6) is 0 Å². The lowest BCUT2D eigenvalue weighted by atomic mass is 9.48. The Bertz CT molecular complexity index is 273. The third-order valence-corrected chi connectivity index (χ3v) is 4.17. The molecule has 14 heavy (non-hydrogen) atoms. The van der Waals surface area contributed by atoms with E-state index in [0.717, 1.165) is 18.3 Å². The summed E-state index contributed by atoms with van der Waals surface area (Å²) in [7, 11) is 1.70. The van der Waals surface area contributed by atoms with Crippen LogP contribution in [0.1, 0.15) is 33.1 Å². The van der Waals surface area contributed by atoms with Gasteiger partial charge in [0.15, 0.2) is 0 Å². The molecular formula is C13H20O. The second kappa shape index (κ2) is 3.45. The third kappa shape index (κ3) is 1.39. The summed E-state index contributed by atoms with van der Waals surface area (Å²) in [6.45, 7) is 4.83. The molecule has 78 valence electrons. The summed E-state index contributed by atoms with van der Waals surface area (Å²) in [5, 5.41) is 0. The van der Waals surface area contributed by atoms with E-state index in [-0.39, 0.29) is 0 Å². The van der Waals surface area contributed by atoms with Crippen molar-refractivity contribution in [3.8, 4) is 0 Å². The predicted molar refractivity (Wildman–Crippen MR) is 58.8 cm³/mol. The maximum atomic E-state index is 4.93. The van der Waals surface area contributed by atoms with Gasteiger partial charge < -0.3 is 4.74 Å². The van der Waals surface area contributed by atoms with Crippen LogP contribution in [0.4, 0.5) is 0 Å². The lowest BCUT2D eigenvalue weighted by Gasteiger charge is -2.56. The minimum atomic E-state index is 0.561. The molecule has 0 aromatic rings. The number of ether oxygens (including phenoxy) is 1. The quantitative estimate of drug-likeness (QED) is 0.491. The lowest BCUT2D eigenvalue weighted by molar-refractivity contribution is -0.00723. The Labute approximate surface area is 86.8 Å². The van der Waals surface area contributed by atoms with Gasteiger partial charge >= 0.3 is 0 Å². The Balaban J connectivity index is 2.00. The molecule has 2 bridgehead atoms. The summed E-state index contributed by atoms with van der Waals surface area (Å²) < 4.78 is 4.93. The number of methoxy groups -OCH3 is 1. The summed E-state index contributed by atoms with van der Waals surface area (Å²) >= 11 is 0. The van der Waals surface area contributed by atoms with E-state index < -0.39 is 0 Å². The first-order chi connectivity index (χ1) is 6.66. The SMILES string of the molecule is CO/C=C/CC1=CCC2CC1C2(C)C. The molecule has 0 heterocycles. The molecule has 2 atom stereocenters. The maximum Gasteiger partial charge on any atom is 0.0787 e. The highest BCUT2D eigenvalue weighted by Crippen LogP contribution is 2.59. The molecule has 0 spiro atoms. The normalized spacial score (nSPS) is 33.8. The second-order valence-electron chi connectivity index (χ2n) is 5.13. The van der Waals surface area contributed by atoms with E-state index in [2.05, 4.69) is 26.0 Å². The van der Waals surface area contributed by atoms with E-state index in [1.54, 1.807) is 18.9 Å². The molecule has 3 rings (SSSR count). The fourth-order valence-corrected chi connectivity index (χ4v) is 2.99. The molecule has 0 N–H and O–H groups in total. The third-order valence-electron chi connectivity index (χ3n) is 4.17. The monoisotopic (exact) mass is 192 g/mol. The Morgan fingerprint density at radius 3 is 2.93 bits per heavy atom. The van der Waals surface area contributed by atoms with Crippen molar-refractivity contribution in [3.05, 3.63) is 24.0 Å². The van der Waals surface area contributed by atoms with Crippen LogP contribution >= 0.6 is 0 Å². The van der Waals surface area contributed by atoms with E-state index in [1.165, 1.54) is 12.8 Å². The van der Waals surface area contributed by atoms with Gasteiger partial charge in [-0.05, 0) is 42.6 Å². The number of hydrogen-bond donors (Lipinski definition) is 0. The molecular weight excluding hydrogens is 172 g/mol. The number of rotatable bonds is 3. The Morgan fingerprint density at radius 2 is 2.36 bits per heavy atom. The molecule has 2 unspecified atom stereocenters. The van der Waals surface area contributed by atoms with Crippen molar-refractivity contribution >= 4 is 0 Å². The van der Waals surface area contributed by atoms with Gasteiger partial charge in [-0.25, -0.2) is 0 Å². The lowest BCUT2D eigenvalue weighted by Crippen LogP contribution is -2.47. The highest BCUT2D eigenvalue weighted by Gasteiger charge is 2.50. The first-order valence-corrected chi connectivity index (χ1v) is 5.53. The van der Waals surface area contributed by atoms with Crippen molar-refractivity contribution in [2.75, 3.05) is 7.11 Å². The fraction of sp³-hybridized carbons (Fsp3) is 0.692. The molecule has 1 fully saturated rings. The van der Waals surface area contributed by atoms with Gasteiger partial charge in [-0.2, -0.15) is 0 Å². The molecule has 0 aromatic heterocycles. The van der Waals surface area contributed by atoms with Crippen LogP contribution < -0.4 is 0 Å². The van der Waals surface area contributed by atoms with Gasteiger partial charge in [0, 0.05) is 0 Å². The molecule has 0 aliphatic heterocycles. The zero-order valence-corrected chi connectivity index (χ0v) is 9.42. The van der Waals surface area contributed by atoms with E-state index in [1.807, 2.05) is 0 Å². The molecule has 1 heteroatoms. The van der Waals surface area contributed by atoms with Gasteiger partial charge in [0.05, 0.1) is 13.4 Å². The predicted octanol–water partition coefficient (Wildman–Crippen LogP) is 3.53. The standard InChI is InChI=1S/C13H20O/c1-13(2)11-7-6-10(12(13)9-11)5-4-8-14-3/h4,6,8,11-12H,5,7,9H2,1-3H3/b8-4+. The van der Waals surface area contributed by atoms with E-state index in [9.17, 15) is 0 Å². The number of allylic oxidation sites excluding steroid dienone is 3.